The summed E-state index contributed by atoms with van der Waals surface area (Å²) in [7, 11) is 0. The van der Waals surface area contributed by atoms with Gasteiger partial charge in [0, 0.05) is 33.2 Å². The molecule has 0 aliphatic rings. The molecule has 10 rings (SSSR count). The van der Waals surface area contributed by atoms with Crippen molar-refractivity contribution in [1.29, 1.82) is 0 Å². The van der Waals surface area contributed by atoms with E-state index in [9.17, 15) is 0 Å². The molecule has 0 saturated carbocycles. The number of nitrogens with zero attached hydrogens (tertiary/aromatic N) is 3. The molecule has 0 radical (unpaired) electrons. The summed E-state index contributed by atoms with van der Waals surface area (Å²) in [6.07, 6.45) is 0. The molecular weight excluding hydrogens is 619 g/mol. The van der Waals surface area contributed by atoms with Crippen LogP contribution in [0.2, 0.25) is 0 Å². The summed E-state index contributed by atoms with van der Waals surface area (Å²) in [6.45, 7) is 0. The standard InChI is InChI=1S/C48H31N3/c1-3-11-32(12-4-1)33-19-21-37(22-20-33)43-31-42(36-15-5-2-6-16-36)49-48(50-43)38-23-27-39(28-24-38)51-44-29-25-34-13-7-9-17-40(34)46(44)47-41-18-10-8-14-35(41)26-30-45(47)51/h1-31H. The minimum Gasteiger partial charge on any atom is -0.309 e. The molecule has 10 aromatic rings. The van der Waals surface area contributed by atoms with Crippen molar-refractivity contribution in [2.24, 2.45) is 0 Å². The first-order valence-corrected chi connectivity index (χ1v) is 17.3. The van der Waals surface area contributed by atoms with Crippen LogP contribution in [0.3, 0.4) is 0 Å². The highest BCUT2D eigenvalue weighted by Crippen LogP contribution is 2.40. The monoisotopic (exact) mass is 649 g/mol. The largest absolute Gasteiger partial charge is 0.309 e. The van der Waals surface area contributed by atoms with E-state index in [4.69, 9.17) is 9.97 Å². The fourth-order valence-corrected chi connectivity index (χ4v) is 7.53. The van der Waals surface area contributed by atoms with Crippen LogP contribution in [0.5, 0.6) is 0 Å². The normalized spacial score (nSPS) is 11.5. The average molecular weight is 650 g/mol. The molecule has 3 heteroatoms. The molecule has 0 saturated heterocycles. The molecule has 0 amide bonds. The molecule has 2 aromatic heterocycles. The van der Waals surface area contributed by atoms with E-state index in [-0.39, 0.29) is 0 Å². The van der Waals surface area contributed by atoms with Crippen LogP contribution in [0.15, 0.2) is 188 Å². The first-order valence-electron chi connectivity index (χ1n) is 17.3. The Morgan fingerprint density at radius 3 is 1.33 bits per heavy atom. The van der Waals surface area contributed by atoms with E-state index in [0.717, 1.165) is 33.8 Å². The van der Waals surface area contributed by atoms with Crippen LogP contribution in [0.1, 0.15) is 0 Å². The van der Waals surface area contributed by atoms with Gasteiger partial charge in [-0.3, -0.25) is 0 Å². The maximum Gasteiger partial charge on any atom is 0.160 e. The van der Waals surface area contributed by atoms with E-state index >= 15 is 0 Å². The molecule has 0 N–H and O–H groups in total. The lowest BCUT2D eigenvalue weighted by Crippen LogP contribution is -1.97. The van der Waals surface area contributed by atoms with Gasteiger partial charge in [-0.1, -0.05) is 146 Å². The number of benzene rings is 8. The van der Waals surface area contributed by atoms with Gasteiger partial charge in [-0.05, 0) is 75.1 Å². The summed E-state index contributed by atoms with van der Waals surface area (Å²) in [5.74, 6) is 0.698. The van der Waals surface area contributed by atoms with Crippen molar-refractivity contribution in [3.63, 3.8) is 0 Å². The van der Waals surface area contributed by atoms with Gasteiger partial charge >= 0.3 is 0 Å². The van der Waals surface area contributed by atoms with Gasteiger partial charge in [-0.15, -0.1) is 0 Å². The predicted molar refractivity (Wildman–Crippen MR) is 213 cm³/mol. The molecule has 0 aliphatic carbocycles. The number of hydrogen-bond donors (Lipinski definition) is 0. The van der Waals surface area contributed by atoms with Crippen molar-refractivity contribution < 1.29 is 0 Å². The van der Waals surface area contributed by atoms with Gasteiger partial charge in [0.25, 0.3) is 0 Å². The second-order valence-corrected chi connectivity index (χ2v) is 13.0. The first kappa shape index (κ1) is 29.1. The van der Waals surface area contributed by atoms with Gasteiger partial charge in [0.2, 0.25) is 0 Å². The number of aromatic nitrogens is 3. The molecule has 0 spiro atoms. The lowest BCUT2D eigenvalue weighted by atomic mass is 10.00. The Morgan fingerprint density at radius 1 is 0.333 bits per heavy atom. The van der Waals surface area contributed by atoms with Crippen molar-refractivity contribution in [1.82, 2.24) is 14.5 Å². The zero-order valence-corrected chi connectivity index (χ0v) is 27.7. The third-order valence-electron chi connectivity index (χ3n) is 10.0. The van der Waals surface area contributed by atoms with Crippen molar-refractivity contribution in [2.45, 2.75) is 0 Å². The number of hydrogen-bond acceptors (Lipinski definition) is 2. The Labute approximate surface area is 295 Å². The molecule has 51 heavy (non-hydrogen) atoms. The van der Waals surface area contributed by atoms with Crippen LogP contribution in [0.25, 0.3) is 94.1 Å². The summed E-state index contributed by atoms with van der Waals surface area (Å²) in [5.41, 5.74) is 10.7. The van der Waals surface area contributed by atoms with Crippen LogP contribution in [-0.4, -0.2) is 14.5 Å². The molecule has 3 nitrogen and oxygen atoms in total. The van der Waals surface area contributed by atoms with Gasteiger partial charge in [0.1, 0.15) is 0 Å². The van der Waals surface area contributed by atoms with Crippen LogP contribution in [0, 0.1) is 0 Å². The highest BCUT2D eigenvalue weighted by atomic mass is 15.0. The Bertz CT molecular complexity index is 2780. The zero-order chi connectivity index (χ0) is 33.7. The van der Waals surface area contributed by atoms with E-state index in [0.29, 0.717) is 5.82 Å². The summed E-state index contributed by atoms with van der Waals surface area (Å²) in [4.78, 5) is 10.3. The molecule has 0 fully saturated rings. The first-order chi connectivity index (χ1) is 25.3. The number of rotatable bonds is 5. The second-order valence-electron chi connectivity index (χ2n) is 13.0. The van der Waals surface area contributed by atoms with E-state index in [1.165, 1.54) is 54.5 Å². The minimum absolute atomic E-state index is 0.698. The number of fused-ring (bicyclic) bond motifs is 7. The summed E-state index contributed by atoms with van der Waals surface area (Å²) in [6, 6.07) is 66.7. The average Bonchev–Trinajstić information content (AvgIpc) is 3.57. The van der Waals surface area contributed by atoms with Crippen LogP contribution in [0.4, 0.5) is 0 Å². The predicted octanol–water partition coefficient (Wildman–Crippen LogP) is 12.5. The highest BCUT2D eigenvalue weighted by Gasteiger charge is 2.18. The van der Waals surface area contributed by atoms with E-state index in [1.807, 2.05) is 12.1 Å². The second kappa shape index (κ2) is 11.9. The maximum absolute atomic E-state index is 5.14. The van der Waals surface area contributed by atoms with Gasteiger partial charge in [0.05, 0.1) is 22.4 Å². The zero-order valence-electron chi connectivity index (χ0n) is 27.7. The third kappa shape index (κ3) is 4.98. The molecule has 8 aromatic carbocycles. The molecular formula is C48H31N3. The van der Waals surface area contributed by atoms with Gasteiger partial charge in [-0.2, -0.15) is 0 Å². The third-order valence-corrected chi connectivity index (χ3v) is 10.0. The molecule has 2 heterocycles. The maximum atomic E-state index is 5.14. The molecule has 0 bridgehead atoms. The van der Waals surface area contributed by atoms with Gasteiger partial charge in [-0.25, -0.2) is 9.97 Å². The van der Waals surface area contributed by atoms with E-state index in [2.05, 4.69) is 180 Å². The Kier molecular flexibility index (Phi) is 6.81. The Balaban J connectivity index is 1.12. The molecule has 0 aliphatic heterocycles. The topological polar surface area (TPSA) is 30.7 Å². The van der Waals surface area contributed by atoms with Gasteiger partial charge < -0.3 is 4.57 Å². The molecule has 0 atom stereocenters. The Hall–Kier alpha value is -6.84. The minimum atomic E-state index is 0.698. The summed E-state index contributed by atoms with van der Waals surface area (Å²) >= 11 is 0. The Morgan fingerprint density at radius 2 is 0.765 bits per heavy atom. The summed E-state index contributed by atoms with van der Waals surface area (Å²) < 4.78 is 2.40. The lowest BCUT2D eigenvalue weighted by molar-refractivity contribution is 1.16. The smallest absolute Gasteiger partial charge is 0.160 e. The van der Waals surface area contributed by atoms with Crippen LogP contribution in [-0.2, 0) is 0 Å². The van der Waals surface area contributed by atoms with Crippen molar-refractivity contribution in [3.05, 3.63) is 188 Å². The van der Waals surface area contributed by atoms with Crippen molar-refractivity contribution >= 4 is 43.4 Å². The quantitative estimate of drug-likeness (QED) is 0.186. The molecule has 0 unspecified atom stereocenters. The summed E-state index contributed by atoms with van der Waals surface area (Å²) in [5, 5.41) is 7.59. The van der Waals surface area contributed by atoms with Crippen molar-refractivity contribution in [2.75, 3.05) is 0 Å². The van der Waals surface area contributed by atoms with E-state index < -0.39 is 0 Å². The lowest BCUT2D eigenvalue weighted by Gasteiger charge is -2.12. The van der Waals surface area contributed by atoms with E-state index in [1.54, 1.807) is 0 Å². The fraction of sp³-hybridized carbons (Fsp3) is 0. The highest BCUT2D eigenvalue weighted by molar-refractivity contribution is 6.28. The van der Waals surface area contributed by atoms with Gasteiger partial charge in [0.15, 0.2) is 5.82 Å². The van der Waals surface area contributed by atoms with Crippen molar-refractivity contribution in [3.8, 4) is 50.7 Å². The van der Waals surface area contributed by atoms with Crippen LogP contribution < -0.4 is 0 Å². The molecule has 238 valence electrons. The fourth-order valence-electron chi connectivity index (χ4n) is 7.53. The van der Waals surface area contributed by atoms with Crippen LogP contribution >= 0.6 is 0 Å². The SMILES string of the molecule is c1ccc(-c2ccc(-c3cc(-c4ccccc4)nc(-c4ccc(-n5c6ccc7ccccc7c6c6c7ccccc7ccc65)cc4)n3)cc2)cc1.